The minimum absolute atomic E-state index is 0.119. The summed E-state index contributed by atoms with van der Waals surface area (Å²) in [6.07, 6.45) is 1.16. The summed E-state index contributed by atoms with van der Waals surface area (Å²) in [7, 11) is 0. The van der Waals surface area contributed by atoms with Crippen LogP contribution in [0, 0.1) is 10.1 Å². The molecule has 1 aromatic heterocycles. The summed E-state index contributed by atoms with van der Waals surface area (Å²) >= 11 is 0. The fraction of sp³-hybridized carbons (Fsp3) is 0.154. The largest absolute Gasteiger partial charge is 0.545 e. The van der Waals surface area contributed by atoms with Crippen molar-refractivity contribution < 1.29 is 19.6 Å². The Morgan fingerprint density at radius 3 is 2.73 bits per heavy atom. The zero-order valence-corrected chi connectivity index (χ0v) is 11.5. The third-order valence-corrected chi connectivity index (χ3v) is 2.83. The van der Waals surface area contributed by atoms with Crippen LogP contribution in [0.15, 0.2) is 30.5 Å². The molecule has 22 heavy (non-hydrogen) atoms. The maximum absolute atomic E-state index is 12.1. The normalized spacial score (nSPS) is 10.2. The number of aryl methyl sites for hydroxylation is 1. The molecule has 0 aliphatic carbocycles. The average Bonchev–Trinajstić information content (AvgIpc) is 2.92. The van der Waals surface area contributed by atoms with E-state index < -0.39 is 22.5 Å². The fourth-order valence-corrected chi connectivity index (χ4v) is 1.78. The molecule has 1 heterocycles. The lowest BCUT2D eigenvalue weighted by molar-refractivity contribution is -0.385. The highest BCUT2D eigenvalue weighted by molar-refractivity contribution is 6.05. The first-order chi connectivity index (χ1) is 10.4. The lowest BCUT2D eigenvalue weighted by Gasteiger charge is -2.06. The number of rotatable bonds is 5. The number of carbonyl (C=O) groups excluding carboxylic acids is 2. The second-order valence-electron chi connectivity index (χ2n) is 4.30. The van der Waals surface area contributed by atoms with Gasteiger partial charge in [0.1, 0.15) is 6.20 Å². The summed E-state index contributed by atoms with van der Waals surface area (Å²) in [6, 6.07) is 5.36. The molecule has 0 atom stereocenters. The SMILES string of the molecule is CCn1cc([N+](=O)[O-])c(C(=O)Nc2cccc(C(=O)[O-])c2)n1. The van der Waals surface area contributed by atoms with Crippen LogP contribution in [-0.4, -0.2) is 26.6 Å². The summed E-state index contributed by atoms with van der Waals surface area (Å²) in [5.74, 6) is -2.19. The number of benzene rings is 1. The highest BCUT2D eigenvalue weighted by atomic mass is 16.6. The highest BCUT2D eigenvalue weighted by Gasteiger charge is 2.25. The molecule has 9 heteroatoms. The molecule has 2 rings (SSSR count). The molecule has 2 aromatic rings. The van der Waals surface area contributed by atoms with Gasteiger partial charge in [0.2, 0.25) is 5.69 Å². The Morgan fingerprint density at radius 2 is 2.14 bits per heavy atom. The summed E-state index contributed by atoms with van der Waals surface area (Å²) in [4.78, 5) is 33.1. The number of carboxylic acids is 1. The minimum atomic E-state index is -1.39. The second kappa shape index (κ2) is 6.04. The third-order valence-electron chi connectivity index (χ3n) is 2.83. The number of aromatic nitrogens is 2. The maximum Gasteiger partial charge on any atom is 0.320 e. The molecule has 0 aliphatic heterocycles. The van der Waals surface area contributed by atoms with Crippen molar-refractivity contribution in [3.63, 3.8) is 0 Å². The van der Waals surface area contributed by atoms with E-state index in [0.29, 0.717) is 6.54 Å². The first-order valence-electron chi connectivity index (χ1n) is 6.27. The van der Waals surface area contributed by atoms with E-state index in [1.807, 2.05) is 0 Å². The molecule has 1 aromatic carbocycles. The summed E-state index contributed by atoms with van der Waals surface area (Å²) < 4.78 is 1.27. The monoisotopic (exact) mass is 303 g/mol. The van der Waals surface area contributed by atoms with Gasteiger partial charge in [-0.15, -0.1) is 0 Å². The van der Waals surface area contributed by atoms with Gasteiger partial charge in [-0.25, -0.2) is 0 Å². The third kappa shape index (κ3) is 3.08. The van der Waals surface area contributed by atoms with E-state index in [4.69, 9.17) is 0 Å². The van der Waals surface area contributed by atoms with Gasteiger partial charge in [0, 0.05) is 12.2 Å². The van der Waals surface area contributed by atoms with Crippen molar-refractivity contribution in [2.24, 2.45) is 0 Å². The van der Waals surface area contributed by atoms with Crippen LogP contribution >= 0.6 is 0 Å². The van der Waals surface area contributed by atoms with Crippen LogP contribution < -0.4 is 10.4 Å². The molecule has 0 bridgehead atoms. The second-order valence-corrected chi connectivity index (χ2v) is 4.30. The number of hydrogen-bond donors (Lipinski definition) is 1. The van der Waals surface area contributed by atoms with E-state index in [1.54, 1.807) is 6.92 Å². The molecular formula is C13H11N4O5-. The van der Waals surface area contributed by atoms with Crippen LogP contribution in [-0.2, 0) is 6.54 Å². The molecule has 0 fully saturated rings. The molecule has 1 amide bonds. The van der Waals surface area contributed by atoms with Crippen LogP contribution in [0.5, 0.6) is 0 Å². The Bertz CT molecular complexity index is 753. The Kier molecular flexibility index (Phi) is 4.16. The Morgan fingerprint density at radius 1 is 1.41 bits per heavy atom. The van der Waals surface area contributed by atoms with Crippen molar-refractivity contribution in [2.75, 3.05) is 5.32 Å². The van der Waals surface area contributed by atoms with E-state index in [1.165, 1.54) is 28.9 Å². The number of aromatic carboxylic acids is 1. The molecule has 1 N–H and O–H groups in total. The van der Waals surface area contributed by atoms with E-state index >= 15 is 0 Å². The number of nitrogens with zero attached hydrogens (tertiary/aromatic N) is 3. The first kappa shape index (κ1) is 15.2. The van der Waals surface area contributed by atoms with Gasteiger partial charge in [-0.2, -0.15) is 5.10 Å². The van der Waals surface area contributed by atoms with Crippen molar-refractivity contribution in [1.29, 1.82) is 0 Å². The topological polar surface area (TPSA) is 130 Å². The van der Waals surface area contributed by atoms with Gasteiger partial charge in [-0.1, -0.05) is 12.1 Å². The average molecular weight is 303 g/mol. The van der Waals surface area contributed by atoms with Gasteiger partial charge in [0.15, 0.2) is 0 Å². The number of carboxylic acid groups (broad SMARTS) is 1. The molecule has 0 aliphatic rings. The summed E-state index contributed by atoms with van der Waals surface area (Å²) in [6.45, 7) is 2.09. The van der Waals surface area contributed by atoms with Crippen molar-refractivity contribution in [2.45, 2.75) is 13.5 Å². The van der Waals surface area contributed by atoms with Crippen molar-refractivity contribution >= 4 is 23.3 Å². The molecule has 0 saturated carbocycles. The maximum atomic E-state index is 12.1. The van der Waals surface area contributed by atoms with Gasteiger partial charge in [0.05, 0.1) is 10.9 Å². The van der Waals surface area contributed by atoms with Crippen LogP contribution in [0.2, 0.25) is 0 Å². The van der Waals surface area contributed by atoms with Crippen LogP contribution in [0.4, 0.5) is 11.4 Å². The zero-order chi connectivity index (χ0) is 16.3. The standard InChI is InChI=1S/C13H12N4O5/c1-2-16-7-10(17(21)22)11(15-16)12(18)14-9-5-3-4-8(6-9)13(19)20/h3-7H,2H2,1H3,(H,14,18)(H,19,20)/p-1. The van der Waals surface area contributed by atoms with Gasteiger partial charge in [-0.05, 0) is 24.6 Å². The lowest BCUT2D eigenvalue weighted by Crippen LogP contribution is -2.22. The van der Waals surface area contributed by atoms with Crippen LogP contribution in [0.3, 0.4) is 0 Å². The van der Waals surface area contributed by atoms with Crippen LogP contribution in [0.25, 0.3) is 0 Å². The van der Waals surface area contributed by atoms with E-state index in [0.717, 1.165) is 6.20 Å². The van der Waals surface area contributed by atoms with Crippen molar-refractivity contribution in [3.05, 3.63) is 51.8 Å². The number of anilines is 1. The highest BCUT2D eigenvalue weighted by Crippen LogP contribution is 2.19. The molecule has 9 nitrogen and oxygen atoms in total. The smallest absolute Gasteiger partial charge is 0.320 e. The predicted molar refractivity (Wildman–Crippen MR) is 73.3 cm³/mol. The molecular weight excluding hydrogens is 292 g/mol. The van der Waals surface area contributed by atoms with Gasteiger partial charge < -0.3 is 15.2 Å². The lowest BCUT2D eigenvalue weighted by atomic mass is 10.2. The quantitative estimate of drug-likeness (QED) is 0.629. The molecule has 0 radical (unpaired) electrons. The molecule has 114 valence electrons. The predicted octanol–water partition coefficient (Wildman–Crippen LogP) is 0.427. The number of nitro groups is 1. The molecule has 0 saturated heterocycles. The van der Waals surface area contributed by atoms with E-state index in [2.05, 4.69) is 10.4 Å². The van der Waals surface area contributed by atoms with Crippen LogP contribution in [0.1, 0.15) is 27.8 Å². The van der Waals surface area contributed by atoms with E-state index in [9.17, 15) is 24.8 Å². The minimum Gasteiger partial charge on any atom is -0.545 e. The summed E-state index contributed by atoms with van der Waals surface area (Å²) in [5, 5.41) is 27.9. The first-order valence-corrected chi connectivity index (χ1v) is 6.27. The van der Waals surface area contributed by atoms with Gasteiger partial charge in [-0.3, -0.25) is 19.6 Å². The zero-order valence-electron chi connectivity index (χ0n) is 11.5. The van der Waals surface area contributed by atoms with Gasteiger partial charge >= 0.3 is 5.69 Å². The molecule has 0 spiro atoms. The Balaban J connectivity index is 2.29. The number of amides is 1. The Labute approximate surface area is 124 Å². The van der Waals surface area contributed by atoms with E-state index in [-0.39, 0.29) is 16.9 Å². The number of hydrogen-bond acceptors (Lipinski definition) is 6. The van der Waals surface area contributed by atoms with Crippen molar-refractivity contribution in [3.8, 4) is 0 Å². The van der Waals surface area contributed by atoms with Gasteiger partial charge in [0.25, 0.3) is 5.91 Å². The Hall–Kier alpha value is -3.23. The molecule has 0 unspecified atom stereocenters. The summed E-state index contributed by atoms with van der Waals surface area (Å²) in [5.41, 5.74) is -0.709. The number of nitrogens with one attached hydrogen (secondary N) is 1. The van der Waals surface area contributed by atoms with Crippen molar-refractivity contribution in [1.82, 2.24) is 9.78 Å². The number of carbonyl (C=O) groups is 2. The fourth-order valence-electron chi connectivity index (χ4n) is 1.78.